The average Bonchev–Trinajstić information content (AvgIpc) is 2.64. The minimum absolute atomic E-state index is 0.0939. The first-order valence-electron chi connectivity index (χ1n) is 8.11. The Bertz CT molecular complexity index is 719. The molecule has 2 heterocycles. The fourth-order valence-electron chi connectivity index (χ4n) is 2.75. The van der Waals surface area contributed by atoms with E-state index in [1.165, 1.54) is 24.7 Å². The highest BCUT2D eigenvalue weighted by Gasteiger charge is 2.21. The number of piperazine rings is 1. The molecule has 1 saturated heterocycles. The summed E-state index contributed by atoms with van der Waals surface area (Å²) in [5, 5.41) is 3.48. The summed E-state index contributed by atoms with van der Waals surface area (Å²) in [6.07, 6.45) is 3.29. The van der Waals surface area contributed by atoms with Crippen LogP contribution in [-0.4, -0.2) is 53.5 Å². The number of nitrogens with one attached hydrogen (secondary N) is 1. The van der Waals surface area contributed by atoms with Crippen LogP contribution in [0.1, 0.15) is 6.42 Å². The summed E-state index contributed by atoms with van der Waals surface area (Å²) in [5.41, 5.74) is 0.980. The number of anilines is 2. The molecule has 1 aliphatic heterocycles. The van der Waals surface area contributed by atoms with Gasteiger partial charge in [-0.05, 0) is 24.3 Å². The highest BCUT2D eigenvalue weighted by molar-refractivity contribution is 6.32. The second kappa shape index (κ2) is 8.11. The van der Waals surface area contributed by atoms with Crippen LogP contribution in [0.15, 0.2) is 36.8 Å². The molecule has 25 heavy (non-hydrogen) atoms. The maximum Gasteiger partial charge on any atom is 0.224 e. The van der Waals surface area contributed by atoms with Crippen molar-refractivity contribution in [1.82, 2.24) is 14.9 Å². The second-order valence-corrected chi connectivity index (χ2v) is 6.15. The van der Waals surface area contributed by atoms with Crippen molar-refractivity contribution in [2.24, 2.45) is 0 Å². The van der Waals surface area contributed by atoms with Crippen molar-refractivity contribution < 1.29 is 9.18 Å². The molecule has 0 saturated carbocycles. The number of carbonyl (C=O) groups excluding carboxylic acids is 1. The minimum Gasteiger partial charge on any atom is -0.368 e. The van der Waals surface area contributed by atoms with Gasteiger partial charge < -0.3 is 15.1 Å². The zero-order valence-electron chi connectivity index (χ0n) is 13.7. The summed E-state index contributed by atoms with van der Waals surface area (Å²) in [7, 11) is 0. The monoisotopic (exact) mass is 363 g/mol. The van der Waals surface area contributed by atoms with Gasteiger partial charge in [-0.3, -0.25) is 4.79 Å². The van der Waals surface area contributed by atoms with E-state index in [9.17, 15) is 9.18 Å². The molecule has 2 aromatic rings. The normalized spacial score (nSPS) is 14.5. The molecule has 0 atom stereocenters. The van der Waals surface area contributed by atoms with Gasteiger partial charge >= 0.3 is 0 Å². The Morgan fingerprint density at radius 2 is 1.92 bits per heavy atom. The predicted molar refractivity (Wildman–Crippen MR) is 95.3 cm³/mol. The van der Waals surface area contributed by atoms with Gasteiger partial charge in [-0.15, -0.1) is 0 Å². The Balaban J connectivity index is 1.44. The van der Waals surface area contributed by atoms with Gasteiger partial charge in [0.15, 0.2) is 0 Å². The topological polar surface area (TPSA) is 61.4 Å². The predicted octanol–water partition coefficient (Wildman–Crippen LogP) is 2.42. The van der Waals surface area contributed by atoms with Crippen LogP contribution >= 0.6 is 11.6 Å². The van der Waals surface area contributed by atoms with E-state index in [1.807, 2.05) is 4.90 Å². The van der Waals surface area contributed by atoms with Gasteiger partial charge in [-0.1, -0.05) is 11.6 Å². The molecule has 8 heteroatoms. The molecule has 1 aliphatic rings. The second-order valence-electron chi connectivity index (χ2n) is 5.74. The van der Waals surface area contributed by atoms with Gasteiger partial charge in [0.05, 0.1) is 6.20 Å². The summed E-state index contributed by atoms with van der Waals surface area (Å²) < 4.78 is 13.0. The Morgan fingerprint density at radius 3 is 2.60 bits per heavy atom. The van der Waals surface area contributed by atoms with Crippen LogP contribution in [0.4, 0.5) is 15.9 Å². The largest absolute Gasteiger partial charge is 0.368 e. The Morgan fingerprint density at radius 1 is 1.20 bits per heavy atom. The molecule has 1 fully saturated rings. The van der Waals surface area contributed by atoms with E-state index in [0.29, 0.717) is 36.9 Å². The van der Waals surface area contributed by atoms with Gasteiger partial charge in [0.2, 0.25) is 5.91 Å². The van der Waals surface area contributed by atoms with E-state index < -0.39 is 0 Å². The molecule has 132 valence electrons. The Labute approximate surface area is 150 Å². The van der Waals surface area contributed by atoms with Crippen LogP contribution < -0.4 is 10.2 Å². The standard InChI is InChI=1S/C17H19ClFN5O/c18-15-11-20-12-22-17(15)21-6-5-16(25)24-9-7-23(8-10-24)14-3-1-13(19)2-4-14/h1-4,11-12H,5-10H2,(H,20,21,22). The minimum atomic E-state index is -0.242. The van der Waals surface area contributed by atoms with Crippen LogP contribution in [0.5, 0.6) is 0 Å². The lowest BCUT2D eigenvalue weighted by molar-refractivity contribution is -0.131. The van der Waals surface area contributed by atoms with E-state index in [0.717, 1.165) is 18.8 Å². The maximum atomic E-state index is 13.0. The van der Waals surface area contributed by atoms with Crippen molar-refractivity contribution >= 4 is 29.0 Å². The van der Waals surface area contributed by atoms with Crippen LogP contribution in [-0.2, 0) is 4.79 Å². The van der Waals surface area contributed by atoms with Crippen molar-refractivity contribution in [2.75, 3.05) is 42.9 Å². The zero-order chi connectivity index (χ0) is 17.6. The third-order valence-electron chi connectivity index (χ3n) is 4.12. The lowest BCUT2D eigenvalue weighted by Crippen LogP contribution is -2.49. The smallest absolute Gasteiger partial charge is 0.224 e. The molecule has 6 nitrogen and oxygen atoms in total. The van der Waals surface area contributed by atoms with E-state index in [1.54, 1.807) is 12.1 Å². The lowest BCUT2D eigenvalue weighted by atomic mass is 10.2. The zero-order valence-corrected chi connectivity index (χ0v) is 14.4. The number of rotatable bonds is 5. The number of hydrogen-bond acceptors (Lipinski definition) is 5. The van der Waals surface area contributed by atoms with Crippen molar-refractivity contribution in [2.45, 2.75) is 6.42 Å². The Kier molecular flexibility index (Phi) is 5.65. The van der Waals surface area contributed by atoms with Gasteiger partial charge in [0.1, 0.15) is 23.0 Å². The summed E-state index contributed by atoms with van der Waals surface area (Å²) >= 11 is 5.96. The molecular weight excluding hydrogens is 345 g/mol. The fourth-order valence-corrected chi connectivity index (χ4v) is 2.93. The molecule has 0 bridgehead atoms. The summed E-state index contributed by atoms with van der Waals surface area (Å²) in [6, 6.07) is 6.44. The van der Waals surface area contributed by atoms with Gasteiger partial charge in [0, 0.05) is 44.8 Å². The van der Waals surface area contributed by atoms with Crippen LogP contribution in [0, 0.1) is 5.82 Å². The lowest BCUT2D eigenvalue weighted by Gasteiger charge is -2.36. The van der Waals surface area contributed by atoms with E-state index in [4.69, 9.17) is 11.6 Å². The van der Waals surface area contributed by atoms with Gasteiger partial charge in [-0.2, -0.15) is 0 Å². The third kappa shape index (κ3) is 4.57. The molecule has 0 spiro atoms. The van der Waals surface area contributed by atoms with Crippen molar-refractivity contribution in [3.63, 3.8) is 0 Å². The molecule has 0 unspecified atom stereocenters. The Hall–Kier alpha value is -2.41. The van der Waals surface area contributed by atoms with Crippen molar-refractivity contribution in [3.05, 3.63) is 47.6 Å². The first-order valence-corrected chi connectivity index (χ1v) is 8.49. The summed E-state index contributed by atoms with van der Waals surface area (Å²) in [4.78, 5) is 24.2. The third-order valence-corrected chi connectivity index (χ3v) is 4.40. The van der Waals surface area contributed by atoms with Crippen LogP contribution in [0.25, 0.3) is 0 Å². The SMILES string of the molecule is O=C(CCNc1ncncc1Cl)N1CCN(c2ccc(F)cc2)CC1. The number of hydrogen-bond donors (Lipinski definition) is 1. The summed E-state index contributed by atoms with van der Waals surface area (Å²) in [5.74, 6) is 0.385. The van der Waals surface area contributed by atoms with Crippen LogP contribution in [0.3, 0.4) is 0 Å². The first kappa shape index (κ1) is 17.4. The highest BCUT2D eigenvalue weighted by Crippen LogP contribution is 2.18. The number of carbonyl (C=O) groups is 1. The number of aromatic nitrogens is 2. The fraction of sp³-hybridized carbons (Fsp3) is 0.353. The molecule has 1 aromatic carbocycles. The van der Waals surface area contributed by atoms with Crippen molar-refractivity contribution in [1.29, 1.82) is 0 Å². The molecule has 0 radical (unpaired) electrons. The van der Waals surface area contributed by atoms with Gasteiger partial charge in [0.25, 0.3) is 0 Å². The molecule has 3 rings (SSSR count). The summed E-state index contributed by atoms with van der Waals surface area (Å²) in [6.45, 7) is 3.26. The molecule has 1 amide bonds. The van der Waals surface area contributed by atoms with Gasteiger partial charge in [-0.25, -0.2) is 14.4 Å². The van der Waals surface area contributed by atoms with E-state index in [-0.39, 0.29) is 11.7 Å². The molecule has 1 N–H and O–H groups in total. The molecular formula is C17H19ClFN5O. The van der Waals surface area contributed by atoms with E-state index >= 15 is 0 Å². The number of amides is 1. The molecule has 0 aliphatic carbocycles. The number of halogens is 2. The maximum absolute atomic E-state index is 13.0. The molecule has 1 aromatic heterocycles. The highest BCUT2D eigenvalue weighted by atomic mass is 35.5. The van der Waals surface area contributed by atoms with E-state index in [2.05, 4.69) is 20.2 Å². The number of nitrogens with zero attached hydrogens (tertiary/aromatic N) is 4. The van der Waals surface area contributed by atoms with Crippen molar-refractivity contribution in [3.8, 4) is 0 Å². The number of benzene rings is 1. The average molecular weight is 364 g/mol. The van der Waals surface area contributed by atoms with Crippen LogP contribution in [0.2, 0.25) is 5.02 Å². The quantitative estimate of drug-likeness (QED) is 0.884. The first-order chi connectivity index (χ1) is 12.1.